The van der Waals surface area contributed by atoms with Crippen molar-refractivity contribution >= 4 is 28.7 Å². The van der Waals surface area contributed by atoms with Crippen molar-refractivity contribution in [2.24, 2.45) is 5.92 Å². The Morgan fingerprint density at radius 3 is 2.31 bits per heavy atom. The minimum Gasteiger partial charge on any atom is -0.390 e. The van der Waals surface area contributed by atoms with Gasteiger partial charge in [0, 0.05) is 37.4 Å². The fourth-order valence-corrected chi connectivity index (χ4v) is 5.24. The highest BCUT2D eigenvalue weighted by Crippen LogP contribution is 2.35. The maximum Gasteiger partial charge on any atom is 0.224 e. The van der Waals surface area contributed by atoms with Crippen LogP contribution in [0.5, 0.6) is 0 Å². The smallest absolute Gasteiger partial charge is 0.224 e. The van der Waals surface area contributed by atoms with Gasteiger partial charge in [-0.1, -0.05) is 0 Å². The minimum atomic E-state index is -1.05. The van der Waals surface area contributed by atoms with Crippen LogP contribution in [-0.4, -0.2) is 49.5 Å². The molecule has 36 heavy (non-hydrogen) atoms. The molecule has 3 heterocycles. The monoisotopic (exact) mass is 504 g/mol. The molecule has 0 bridgehead atoms. The maximum absolute atomic E-state index is 14.4. The quantitative estimate of drug-likeness (QED) is 0.431. The van der Waals surface area contributed by atoms with Crippen molar-refractivity contribution in [2.75, 3.05) is 23.8 Å². The summed E-state index contributed by atoms with van der Waals surface area (Å²) in [6, 6.07) is 1.38. The molecule has 0 amide bonds. The van der Waals surface area contributed by atoms with Crippen molar-refractivity contribution < 1.29 is 23.0 Å². The first-order valence-electron chi connectivity index (χ1n) is 12.4. The van der Waals surface area contributed by atoms with Gasteiger partial charge in [0.15, 0.2) is 17.3 Å². The SMILES string of the molecule is CC(C)(O)C1CCC(Nc2ncc3nc(Nc4c(F)cc(F)cc4F)n(C4CCOCC4)c3n2)CC1. The van der Waals surface area contributed by atoms with Gasteiger partial charge in [-0.3, -0.25) is 4.57 Å². The van der Waals surface area contributed by atoms with E-state index in [0.29, 0.717) is 55.3 Å². The molecule has 2 fully saturated rings. The van der Waals surface area contributed by atoms with Gasteiger partial charge in [-0.25, -0.2) is 23.1 Å². The number of anilines is 3. The van der Waals surface area contributed by atoms with Crippen LogP contribution in [0.25, 0.3) is 11.2 Å². The van der Waals surface area contributed by atoms with E-state index in [-0.39, 0.29) is 23.9 Å². The van der Waals surface area contributed by atoms with Gasteiger partial charge in [0.2, 0.25) is 11.9 Å². The molecule has 11 heteroatoms. The van der Waals surface area contributed by atoms with E-state index in [1.54, 1.807) is 6.20 Å². The van der Waals surface area contributed by atoms with Gasteiger partial charge in [-0.15, -0.1) is 0 Å². The van der Waals surface area contributed by atoms with E-state index in [4.69, 9.17) is 9.72 Å². The molecule has 1 aliphatic carbocycles. The lowest BCUT2D eigenvalue weighted by Gasteiger charge is -2.36. The third-order valence-electron chi connectivity index (χ3n) is 7.29. The Balaban J connectivity index is 1.45. The summed E-state index contributed by atoms with van der Waals surface area (Å²) in [5.41, 5.74) is -0.156. The molecule has 3 aromatic rings. The summed E-state index contributed by atoms with van der Waals surface area (Å²) in [4.78, 5) is 13.7. The summed E-state index contributed by atoms with van der Waals surface area (Å²) in [7, 11) is 0. The second-order valence-electron chi connectivity index (χ2n) is 10.3. The minimum absolute atomic E-state index is 0.0530. The zero-order valence-corrected chi connectivity index (χ0v) is 20.4. The van der Waals surface area contributed by atoms with Crippen molar-refractivity contribution in [3.8, 4) is 0 Å². The summed E-state index contributed by atoms with van der Waals surface area (Å²) in [6.07, 6.45) is 6.56. The molecule has 2 aliphatic rings. The summed E-state index contributed by atoms with van der Waals surface area (Å²) >= 11 is 0. The summed E-state index contributed by atoms with van der Waals surface area (Å²) in [5, 5.41) is 16.4. The second kappa shape index (κ2) is 9.85. The highest BCUT2D eigenvalue weighted by molar-refractivity contribution is 5.76. The highest BCUT2D eigenvalue weighted by atomic mass is 19.1. The number of hydrogen-bond donors (Lipinski definition) is 3. The van der Waals surface area contributed by atoms with Gasteiger partial charge in [0.05, 0.1) is 11.8 Å². The predicted molar refractivity (Wildman–Crippen MR) is 130 cm³/mol. The number of aliphatic hydroxyl groups is 1. The first kappa shape index (κ1) is 24.8. The van der Waals surface area contributed by atoms with Crippen LogP contribution in [-0.2, 0) is 4.74 Å². The molecular weight excluding hydrogens is 473 g/mol. The average molecular weight is 505 g/mol. The first-order chi connectivity index (χ1) is 17.2. The summed E-state index contributed by atoms with van der Waals surface area (Å²) < 4.78 is 49.5. The Labute approximate surface area is 207 Å². The Morgan fingerprint density at radius 2 is 1.67 bits per heavy atom. The van der Waals surface area contributed by atoms with Crippen LogP contribution < -0.4 is 10.6 Å². The molecule has 0 unspecified atom stereocenters. The van der Waals surface area contributed by atoms with E-state index >= 15 is 0 Å². The first-order valence-corrected chi connectivity index (χ1v) is 12.4. The number of halogens is 3. The van der Waals surface area contributed by atoms with Crippen LogP contribution in [0.2, 0.25) is 0 Å². The van der Waals surface area contributed by atoms with Crippen molar-refractivity contribution in [1.29, 1.82) is 0 Å². The van der Waals surface area contributed by atoms with Crippen LogP contribution >= 0.6 is 0 Å². The molecule has 1 saturated carbocycles. The maximum atomic E-state index is 14.4. The van der Waals surface area contributed by atoms with E-state index in [9.17, 15) is 18.3 Å². The Hall–Kier alpha value is -2.92. The van der Waals surface area contributed by atoms with Crippen LogP contribution in [0.15, 0.2) is 18.3 Å². The van der Waals surface area contributed by atoms with E-state index < -0.39 is 28.7 Å². The van der Waals surface area contributed by atoms with Gasteiger partial charge in [0.1, 0.15) is 17.0 Å². The Morgan fingerprint density at radius 1 is 1.00 bits per heavy atom. The van der Waals surface area contributed by atoms with Gasteiger partial charge < -0.3 is 20.5 Å². The number of nitrogens with one attached hydrogen (secondary N) is 2. The largest absolute Gasteiger partial charge is 0.390 e. The van der Waals surface area contributed by atoms with Crippen molar-refractivity contribution in [3.63, 3.8) is 0 Å². The summed E-state index contributed by atoms with van der Waals surface area (Å²) in [6.45, 7) is 4.80. The van der Waals surface area contributed by atoms with Crippen molar-refractivity contribution in [3.05, 3.63) is 35.8 Å². The number of benzene rings is 1. The lowest BCUT2D eigenvalue weighted by Crippen LogP contribution is -2.37. The number of aromatic nitrogens is 4. The van der Waals surface area contributed by atoms with Crippen LogP contribution in [0.4, 0.5) is 30.8 Å². The van der Waals surface area contributed by atoms with Crippen molar-refractivity contribution in [2.45, 2.75) is 70.1 Å². The standard InChI is InChI=1S/C25H31F3N6O2/c1-25(2,35)14-3-5-16(6-4-14)30-23-29-13-20-22(33-23)34(17-7-9-36-10-8-17)24(31-20)32-21-18(27)11-15(26)12-19(21)28/h11-14,16-17,35H,3-10H2,1-2H3,(H,31,32)(H,29,30,33). The third-order valence-corrected chi connectivity index (χ3v) is 7.29. The number of hydrogen-bond acceptors (Lipinski definition) is 7. The molecule has 3 N–H and O–H groups in total. The van der Waals surface area contributed by atoms with Gasteiger partial charge in [-0.2, -0.15) is 4.98 Å². The molecule has 0 radical (unpaired) electrons. The molecule has 0 spiro atoms. The highest BCUT2D eigenvalue weighted by Gasteiger charge is 2.32. The molecule has 1 saturated heterocycles. The van der Waals surface area contributed by atoms with Crippen LogP contribution in [0, 0.1) is 23.4 Å². The molecule has 2 aromatic heterocycles. The van der Waals surface area contributed by atoms with Crippen molar-refractivity contribution in [1.82, 2.24) is 19.5 Å². The number of rotatable bonds is 6. The fourth-order valence-electron chi connectivity index (χ4n) is 5.24. The predicted octanol–water partition coefficient (Wildman–Crippen LogP) is 5.08. The second-order valence-corrected chi connectivity index (χ2v) is 10.3. The Kier molecular flexibility index (Phi) is 6.78. The van der Waals surface area contributed by atoms with Crippen LogP contribution in [0.3, 0.4) is 0 Å². The zero-order chi connectivity index (χ0) is 25.4. The molecule has 1 aliphatic heterocycles. The number of nitrogens with zero attached hydrogens (tertiary/aromatic N) is 4. The van der Waals surface area contributed by atoms with Gasteiger partial charge in [0.25, 0.3) is 0 Å². The van der Waals surface area contributed by atoms with Crippen LogP contribution in [0.1, 0.15) is 58.4 Å². The molecule has 8 nitrogen and oxygen atoms in total. The third kappa shape index (κ3) is 5.12. The van der Waals surface area contributed by atoms with E-state index in [0.717, 1.165) is 25.7 Å². The van der Waals surface area contributed by atoms with E-state index in [1.165, 1.54) is 0 Å². The topological polar surface area (TPSA) is 97.1 Å². The number of imidazole rings is 1. The van der Waals surface area contributed by atoms with Gasteiger partial charge in [-0.05, 0) is 58.3 Å². The van der Waals surface area contributed by atoms with E-state index in [2.05, 4.69) is 20.6 Å². The number of fused-ring (bicyclic) bond motifs is 1. The van der Waals surface area contributed by atoms with E-state index in [1.807, 2.05) is 18.4 Å². The van der Waals surface area contributed by atoms with Gasteiger partial charge >= 0.3 is 0 Å². The molecule has 0 atom stereocenters. The molecule has 194 valence electrons. The zero-order valence-electron chi connectivity index (χ0n) is 20.4. The Bertz CT molecular complexity index is 1210. The molecular formula is C25H31F3N6O2. The number of ether oxygens (including phenoxy) is 1. The average Bonchev–Trinajstić information content (AvgIpc) is 3.19. The fraction of sp³-hybridized carbons (Fsp3) is 0.560. The summed E-state index contributed by atoms with van der Waals surface area (Å²) in [5.74, 6) is -2.17. The molecule has 1 aromatic carbocycles. The molecule has 5 rings (SSSR count). The normalized spacial score (nSPS) is 21.6. The lowest BCUT2D eigenvalue weighted by atomic mass is 9.77. The lowest BCUT2D eigenvalue weighted by molar-refractivity contribution is -0.000415.